The highest BCUT2D eigenvalue weighted by Gasteiger charge is 1.98. The number of hydrogen-bond donors (Lipinski definition) is 2. The van der Waals surface area contributed by atoms with E-state index in [2.05, 4.69) is 10.6 Å². The number of ether oxygens (including phenoxy) is 1. The van der Waals surface area contributed by atoms with E-state index in [9.17, 15) is 0 Å². The zero-order valence-corrected chi connectivity index (χ0v) is 4.29. The van der Waals surface area contributed by atoms with Crippen LogP contribution in [0.5, 0.6) is 0 Å². The summed E-state index contributed by atoms with van der Waals surface area (Å²) >= 11 is 0. The van der Waals surface area contributed by atoms with Crippen LogP contribution in [0.4, 0.5) is 0 Å². The Balaban J connectivity index is 2.46. The summed E-state index contributed by atoms with van der Waals surface area (Å²) in [6.45, 7) is 0.598. The van der Waals surface area contributed by atoms with E-state index in [1.807, 2.05) is 6.08 Å². The third-order valence-electron chi connectivity index (χ3n) is 0.763. The van der Waals surface area contributed by atoms with E-state index in [0.29, 0.717) is 12.5 Å². The van der Waals surface area contributed by atoms with E-state index in [1.165, 1.54) is 0 Å². The van der Waals surface area contributed by atoms with E-state index in [-0.39, 0.29) is 0 Å². The lowest BCUT2D eigenvalue weighted by atomic mass is 10.6. The third kappa shape index (κ3) is 0.974. The molecule has 0 spiro atoms. The average molecular weight is 113 g/mol. The van der Waals surface area contributed by atoms with Gasteiger partial charge in [-0.3, -0.25) is 0 Å². The molecule has 0 fully saturated rings. The molecule has 4 nitrogen and oxygen atoms in total. The summed E-state index contributed by atoms with van der Waals surface area (Å²) in [6, 6.07) is 0. The number of hydrogen-bond acceptors (Lipinski definition) is 4. The molecule has 0 unspecified atom stereocenters. The minimum Gasteiger partial charge on any atom is -0.472 e. The van der Waals surface area contributed by atoms with Crippen LogP contribution in [0.15, 0.2) is 17.3 Å². The van der Waals surface area contributed by atoms with Crippen molar-refractivity contribution < 1.29 is 4.74 Å². The van der Waals surface area contributed by atoms with Crippen LogP contribution in [0.25, 0.3) is 0 Å². The minimum atomic E-state index is 0.535. The molecule has 0 aromatic heterocycles. The molecule has 0 aliphatic carbocycles. The van der Waals surface area contributed by atoms with Crippen LogP contribution in [0.3, 0.4) is 0 Å². The van der Waals surface area contributed by atoms with Gasteiger partial charge in [-0.2, -0.15) is 0 Å². The monoisotopic (exact) mass is 113 g/mol. The first-order chi connectivity index (χ1) is 3.93. The van der Waals surface area contributed by atoms with E-state index in [1.54, 1.807) is 6.08 Å². The number of hydrazone groups is 1. The maximum absolute atomic E-state index is 4.89. The number of nitrogens with one attached hydrogen (secondary N) is 1. The Hall–Kier alpha value is -1.03. The van der Waals surface area contributed by atoms with Crippen molar-refractivity contribution in [3.63, 3.8) is 0 Å². The molecular weight excluding hydrogens is 106 g/mol. The molecule has 0 bridgehead atoms. The number of hydrazine groups is 1. The Morgan fingerprint density at radius 1 is 1.88 bits per heavy atom. The van der Waals surface area contributed by atoms with Crippen molar-refractivity contribution in [3.8, 4) is 0 Å². The van der Waals surface area contributed by atoms with Gasteiger partial charge in [0.1, 0.15) is 6.61 Å². The van der Waals surface area contributed by atoms with Gasteiger partial charge in [-0.25, -0.2) is 11.4 Å². The molecule has 1 heterocycles. The van der Waals surface area contributed by atoms with Crippen molar-refractivity contribution in [3.05, 3.63) is 12.2 Å². The molecule has 44 valence electrons. The third-order valence-corrected chi connectivity index (χ3v) is 0.763. The highest BCUT2D eigenvalue weighted by atomic mass is 16.5. The maximum Gasteiger partial charge on any atom is 0.232 e. The lowest BCUT2D eigenvalue weighted by Gasteiger charge is -1.92. The van der Waals surface area contributed by atoms with Crippen molar-refractivity contribution in [1.29, 1.82) is 0 Å². The van der Waals surface area contributed by atoms with Gasteiger partial charge >= 0.3 is 0 Å². The SMILES string of the molecule is NNN=C1C=CCO1. The quantitative estimate of drug-likeness (QED) is 0.351. The van der Waals surface area contributed by atoms with Gasteiger partial charge in [0.25, 0.3) is 0 Å². The van der Waals surface area contributed by atoms with Crippen LogP contribution < -0.4 is 11.4 Å². The predicted octanol–water partition coefficient (Wildman–Crippen LogP) is -0.650. The zero-order chi connectivity index (χ0) is 5.82. The van der Waals surface area contributed by atoms with Crippen molar-refractivity contribution in [1.82, 2.24) is 5.53 Å². The summed E-state index contributed by atoms with van der Waals surface area (Å²) in [5.74, 6) is 5.39. The largest absolute Gasteiger partial charge is 0.472 e. The van der Waals surface area contributed by atoms with Crippen molar-refractivity contribution >= 4 is 5.90 Å². The number of nitrogens with two attached hydrogens (primary N) is 1. The first-order valence-corrected chi connectivity index (χ1v) is 2.26. The van der Waals surface area contributed by atoms with Gasteiger partial charge in [0.05, 0.1) is 0 Å². The van der Waals surface area contributed by atoms with Gasteiger partial charge in [-0.1, -0.05) is 0 Å². The Morgan fingerprint density at radius 2 is 2.75 bits per heavy atom. The van der Waals surface area contributed by atoms with Crippen LogP contribution in [-0.4, -0.2) is 12.5 Å². The summed E-state index contributed by atoms with van der Waals surface area (Å²) in [5.41, 5.74) is 2.12. The zero-order valence-electron chi connectivity index (χ0n) is 4.29. The Kier molecular flexibility index (Phi) is 1.48. The number of rotatable bonds is 1. The van der Waals surface area contributed by atoms with Crippen LogP contribution in [-0.2, 0) is 4.74 Å². The first kappa shape index (κ1) is 5.11. The molecule has 0 saturated heterocycles. The smallest absolute Gasteiger partial charge is 0.232 e. The summed E-state index contributed by atoms with van der Waals surface area (Å²) in [7, 11) is 0. The standard InChI is InChI=1S/C4H7N3O/c5-7-6-4-2-1-3-8-4/h1-2,7H,3,5H2. The Bertz CT molecular complexity index is 129. The van der Waals surface area contributed by atoms with Gasteiger partial charge < -0.3 is 4.74 Å². The van der Waals surface area contributed by atoms with Crippen molar-refractivity contribution in [2.24, 2.45) is 10.9 Å². The average Bonchev–Trinajstić information content (AvgIpc) is 2.19. The summed E-state index contributed by atoms with van der Waals surface area (Å²) in [6.07, 6.45) is 3.61. The molecule has 0 saturated carbocycles. The molecule has 1 rings (SSSR count). The van der Waals surface area contributed by atoms with E-state index >= 15 is 0 Å². The van der Waals surface area contributed by atoms with Crippen molar-refractivity contribution in [2.75, 3.05) is 6.61 Å². The van der Waals surface area contributed by atoms with Gasteiger partial charge in [-0.15, -0.1) is 5.10 Å². The number of nitrogens with zero attached hydrogens (tertiary/aromatic N) is 1. The summed E-state index contributed by atoms with van der Waals surface area (Å²) in [4.78, 5) is 0. The molecule has 0 aromatic rings. The summed E-state index contributed by atoms with van der Waals surface area (Å²) < 4.78 is 4.89. The highest BCUT2D eigenvalue weighted by molar-refractivity contribution is 5.89. The fraction of sp³-hybridized carbons (Fsp3) is 0.250. The van der Waals surface area contributed by atoms with Crippen LogP contribution in [0.1, 0.15) is 0 Å². The minimum absolute atomic E-state index is 0.535. The topological polar surface area (TPSA) is 59.6 Å². The summed E-state index contributed by atoms with van der Waals surface area (Å²) in [5, 5.41) is 3.56. The highest BCUT2D eigenvalue weighted by Crippen LogP contribution is 1.92. The first-order valence-electron chi connectivity index (χ1n) is 2.26. The maximum atomic E-state index is 4.89. The molecule has 0 amide bonds. The molecule has 1 aliphatic heterocycles. The van der Waals surface area contributed by atoms with Crippen LogP contribution in [0, 0.1) is 0 Å². The normalized spacial score (nSPS) is 21.4. The lowest BCUT2D eigenvalue weighted by Crippen LogP contribution is -2.16. The second kappa shape index (κ2) is 2.32. The van der Waals surface area contributed by atoms with E-state index in [4.69, 9.17) is 10.6 Å². The molecule has 1 aliphatic rings. The lowest BCUT2D eigenvalue weighted by molar-refractivity contribution is 0.362. The second-order valence-electron chi connectivity index (χ2n) is 1.29. The molecule has 0 radical (unpaired) electrons. The van der Waals surface area contributed by atoms with E-state index in [0.717, 1.165) is 0 Å². The van der Waals surface area contributed by atoms with Crippen molar-refractivity contribution in [2.45, 2.75) is 0 Å². The predicted molar refractivity (Wildman–Crippen MR) is 29.9 cm³/mol. The fourth-order valence-electron chi connectivity index (χ4n) is 0.464. The molecule has 4 heteroatoms. The Morgan fingerprint density at radius 3 is 3.25 bits per heavy atom. The van der Waals surface area contributed by atoms with Gasteiger partial charge in [0.2, 0.25) is 5.90 Å². The van der Waals surface area contributed by atoms with Gasteiger partial charge in [0.15, 0.2) is 0 Å². The Labute approximate surface area is 47.0 Å². The molecule has 0 aromatic carbocycles. The molecule has 8 heavy (non-hydrogen) atoms. The van der Waals surface area contributed by atoms with Gasteiger partial charge in [0, 0.05) is 6.08 Å². The molecule has 0 atom stereocenters. The van der Waals surface area contributed by atoms with Crippen LogP contribution >= 0.6 is 0 Å². The van der Waals surface area contributed by atoms with Crippen LogP contribution in [0.2, 0.25) is 0 Å². The molecular formula is C4H7N3O. The second-order valence-corrected chi connectivity index (χ2v) is 1.29. The fourth-order valence-corrected chi connectivity index (χ4v) is 0.464. The molecule has 3 N–H and O–H groups in total. The van der Waals surface area contributed by atoms with E-state index < -0.39 is 0 Å². The van der Waals surface area contributed by atoms with Gasteiger partial charge in [-0.05, 0) is 6.08 Å².